The van der Waals surface area contributed by atoms with Gasteiger partial charge in [0.15, 0.2) is 0 Å². The van der Waals surface area contributed by atoms with E-state index in [2.05, 4.69) is 76.1 Å². The zero-order valence-electron chi connectivity index (χ0n) is 33.4. The normalized spacial score (nSPS) is 13.6. The van der Waals surface area contributed by atoms with Gasteiger partial charge in [-0.05, 0) is 118 Å². The molecule has 0 fully saturated rings. The standard InChI is InChI=1S/C44H88N2O/c1-7-9-11-13-15-17-19-21-23-25-27-29-31-33-35-37-43(39-41-45(3)4)47-44(40-42-46(5)6)38-36-34-32-30-28-26-24-22-20-18-16-14-12-10-8-2/h21-24,43-44H,7-20,25-42H2,1-6H3. The van der Waals surface area contributed by atoms with Gasteiger partial charge in [0.25, 0.3) is 0 Å². The van der Waals surface area contributed by atoms with Gasteiger partial charge in [0.2, 0.25) is 0 Å². The van der Waals surface area contributed by atoms with Crippen molar-refractivity contribution < 1.29 is 4.74 Å². The van der Waals surface area contributed by atoms with Gasteiger partial charge in [0.05, 0.1) is 12.2 Å². The first kappa shape index (κ1) is 46.4. The Morgan fingerprint density at radius 3 is 0.936 bits per heavy atom. The highest BCUT2D eigenvalue weighted by atomic mass is 16.5. The lowest BCUT2D eigenvalue weighted by Crippen LogP contribution is -2.29. The zero-order chi connectivity index (χ0) is 34.5. The van der Waals surface area contributed by atoms with Gasteiger partial charge >= 0.3 is 0 Å². The van der Waals surface area contributed by atoms with Crippen LogP contribution >= 0.6 is 0 Å². The molecular formula is C44H88N2O. The van der Waals surface area contributed by atoms with Crippen molar-refractivity contribution >= 4 is 0 Å². The fourth-order valence-corrected chi connectivity index (χ4v) is 6.52. The minimum absolute atomic E-state index is 0.414. The maximum absolute atomic E-state index is 6.92. The predicted molar refractivity (Wildman–Crippen MR) is 214 cm³/mol. The monoisotopic (exact) mass is 661 g/mol. The Morgan fingerprint density at radius 1 is 0.362 bits per heavy atom. The molecule has 0 rings (SSSR count). The molecule has 0 spiro atoms. The van der Waals surface area contributed by atoms with Crippen LogP contribution in [-0.4, -0.2) is 63.3 Å². The van der Waals surface area contributed by atoms with Gasteiger partial charge in [-0.15, -0.1) is 0 Å². The molecule has 0 amide bonds. The summed E-state index contributed by atoms with van der Waals surface area (Å²) in [5.41, 5.74) is 0. The number of hydrogen-bond acceptors (Lipinski definition) is 3. The molecule has 0 N–H and O–H groups in total. The molecule has 0 saturated carbocycles. The van der Waals surface area contributed by atoms with Gasteiger partial charge in [-0.2, -0.15) is 0 Å². The van der Waals surface area contributed by atoms with Crippen LogP contribution in [-0.2, 0) is 4.74 Å². The van der Waals surface area contributed by atoms with E-state index < -0.39 is 0 Å². The Labute approximate surface area is 298 Å². The SMILES string of the molecule is CCCCCCCCC=CCCCCCCCC(CCN(C)C)OC(CCCCCCCC=CCCCCCCCC)CCN(C)C. The van der Waals surface area contributed by atoms with E-state index in [0.717, 1.165) is 13.1 Å². The Kier molecular flexibility index (Phi) is 37.6. The van der Waals surface area contributed by atoms with Gasteiger partial charge < -0.3 is 14.5 Å². The fraction of sp³-hybridized carbons (Fsp3) is 0.909. The molecule has 0 bridgehead atoms. The maximum atomic E-state index is 6.92. The van der Waals surface area contributed by atoms with Crippen LogP contribution in [0.5, 0.6) is 0 Å². The van der Waals surface area contributed by atoms with E-state index in [1.807, 2.05) is 0 Å². The van der Waals surface area contributed by atoms with E-state index in [1.165, 1.54) is 193 Å². The third-order valence-corrected chi connectivity index (χ3v) is 9.76. The highest BCUT2D eigenvalue weighted by Crippen LogP contribution is 2.20. The zero-order valence-corrected chi connectivity index (χ0v) is 33.4. The molecule has 47 heavy (non-hydrogen) atoms. The molecule has 3 heteroatoms. The van der Waals surface area contributed by atoms with E-state index in [1.54, 1.807) is 0 Å². The van der Waals surface area contributed by atoms with E-state index >= 15 is 0 Å². The van der Waals surface area contributed by atoms with Crippen LogP contribution in [0.1, 0.15) is 206 Å². The molecule has 0 aromatic rings. The number of rotatable bonds is 38. The van der Waals surface area contributed by atoms with Gasteiger partial charge in [-0.3, -0.25) is 0 Å². The van der Waals surface area contributed by atoms with Crippen LogP contribution in [0.15, 0.2) is 24.3 Å². The lowest BCUT2D eigenvalue weighted by atomic mass is 10.0. The van der Waals surface area contributed by atoms with Crippen LogP contribution in [0, 0.1) is 0 Å². The molecular weight excluding hydrogens is 572 g/mol. The second-order valence-corrected chi connectivity index (χ2v) is 15.3. The summed E-state index contributed by atoms with van der Waals surface area (Å²) in [5, 5.41) is 0. The van der Waals surface area contributed by atoms with Crippen molar-refractivity contribution in [2.45, 2.75) is 219 Å². The third kappa shape index (κ3) is 38.0. The first-order chi connectivity index (χ1) is 23.0. The van der Waals surface area contributed by atoms with Crippen LogP contribution in [0.4, 0.5) is 0 Å². The average molecular weight is 661 g/mol. The minimum atomic E-state index is 0.414. The molecule has 2 atom stereocenters. The molecule has 0 aliphatic carbocycles. The fourth-order valence-electron chi connectivity index (χ4n) is 6.52. The Hall–Kier alpha value is -0.640. The second-order valence-electron chi connectivity index (χ2n) is 15.3. The molecule has 0 aromatic carbocycles. The van der Waals surface area contributed by atoms with Crippen LogP contribution in [0.2, 0.25) is 0 Å². The Bertz CT molecular complexity index is 589. The topological polar surface area (TPSA) is 15.7 Å². The molecule has 0 aliphatic heterocycles. The van der Waals surface area contributed by atoms with Gasteiger partial charge in [-0.1, -0.05) is 154 Å². The third-order valence-electron chi connectivity index (χ3n) is 9.76. The molecule has 280 valence electrons. The highest BCUT2D eigenvalue weighted by Gasteiger charge is 2.17. The van der Waals surface area contributed by atoms with Crippen molar-refractivity contribution in [2.75, 3.05) is 41.3 Å². The summed E-state index contributed by atoms with van der Waals surface area (Å²) in [6, 6.07) is 0. The summed E-state index contributed by atoms with van der Waals surface area (Å²) in [4.78, 5) is 4.66. The number of allylic oxidation sites excluding steroid dienone is 4. The van der Waals surface area contributed by atoms with E-state index in [4.69, 9.17) is 4.74 Å². The molecule has 0 heterocycles. The summed E-state index contributed by atoms with van der Waals surface area (Å²) in [7, 11) is 8.81. The summed E-state index contributed by atoms with van der Waals surface area (Å²) in [6.07, 6.45) is 50.9. The minimum Gasteiger partial charge on any atom is -0.375 e. The summed E-state index contributed by atoms with van der Waals surface area (Å²) in [5.74, 6) is 0. The number of hydrogen-bond donors (Lipinski definition) is 0. The lowest BCUT2D eigenvalue weighted by molar-refractivity contribution is -0.0348. The van der Waals surface area contributed by atoms with Crippen molar-refractivity contribution in [1.29, 1.82) is 0 Å². The number of ether oxygens (including phenoxy) is 1. The van der Waals surface area contributed by atoms with Crippen LogP contribution < -0.4 is 0 Å². The lowest BCUT2D eigenvalue weighted by Gasteiger charge is -2.27. The number of nitrogens with zero attached hydrogens (tertiary/aromatic N) is 2. The molecule has 2 unspecified atom stereocenters. The quantitative estimate of drug-likeness (QED) is 0.0484. The molecule has 0 saturated heterocycles. The van der Waals surface area contributed by atoms with E-state index in [9.17, 15) is 0 Å². The second kappa shape index (κ2) is 38.2. The van der Waals surface area contributed by atoms with Gasteiger partial charge in [0.1, 0.15) is 0 Å². The Balaban J connectivity index is 4.20. The first-order valence-electron chi connectivity index (χ1n) is 21.2. The largest absolute Gasteiger partial charge is 0.375 e. The van der Waals surface area contributed by atoms with Crippen molar-refractivity contribution in [3.05, 3.63) is 24.3 Å². The summed E-state index contributed by atoms with van der Waals surface area (Å²) < 4.78 is 6.92. The van der Waals surface area contributed by atoms with Crippen molar-refractivity contribution in [3.8, 4) is 0 Å². The van der Waals surface area contributed by atoms with Crippen molar-refractivity contribution in [1.82, 2.24) is 9.80 Å². The predicted octanol–water partition coefficient (Wildman–Crippen LogP) is 13.7. The average Bonchev–Trinajstić information content (AvgIpc) is 3.05. The summed E-state index contributed by atoms with van der Waals surface area (Å²) >= 11 is 0. The smallest absolute Gasteiger partial charge is 0.0591 e. The molecule has 3 nitrogen and oxygen atoms in total. The summed E-state index contributed by atoms with van der Waals surface area (Å²) in [6.45, 7) is 6.85. The van der Waals surface area contributed by atoms with E-state index in [0.29, 0.717) is 12.2 Å². The first-order valence-corrected chi connectivity index (χ1v) is 21.2. The number of unbranched alkanes of at least 4 members (excludes halogenated alkanes) is 22. The molecule has 0 aliphatic rings. The van der Waals surface area contributed by atoms with Crippen molar-refractivity contribution in [3.63, 3.8) is 0 Å². The maximum Gasteiger partial charge on any atom is 0.0591 e. The highest BCUT2D eigenvalue weighted by molar-refractivity contribution is 4.82. The van der Waals surface area contributed by atoms with Crippen LogP contribution in [0.25, 0.3) is 0 Å². The van der Waals surface area contributed by atoms with Crippen molar-refractivity contribution in [2.24, 2.45) is 0 Å². The molecule has 0 aromatic heterocycles. The van der Waals surface area contributed by atoms with Gasteiger partial charge in [0, 0.05) is 0 Å². The molecule has 0 radical (unpaired) electrons. The Morgan fingerprint density at radius 2 is 0.638 bits per heavy atom. The van der Waals surface area contributed by atoms with Gasteiger partial charge in [-0.25, -0.2) is 0 Å². The van der Waals surface area contributed by atoms with Crippen LogP contribution in [0.3, 0.4) is 0 Å². The van der Waals surface area contributed by atoms with E-state index in [-0.39, 0.29) is 0 Å².